The molecule has 0 amide bonds. The molecule has 222 valence electrons. The molecule has 2 fully saturated rings. The number of hydrogen-bond donors (Lipinski definition) is 3. The lowest BCUT2D eigenvalue weighted by atomic mass is 9.80. The van der Waals surface area contributed by atoms with Crippen molar-refractivity contribution >= 4 is 29.1 Å². The van der Waals surface area contributed by atoms with Gasteiger partial charge in [-0.05, 0) is 93.7 Å². The van der Waals surface area contributed by atoms with Crippen LogP contribution in [0, 0.1) is 0 Å². The SMILES string of the molecule is COC(=O)CCC1=C(C)C2=CC3=NC(=C(C)/C3=C(/C)O)C=C3C=C(C)C(=N3)C=C3NC(=CC1=N2)[C@]1(CCC(=O)O1)[C@]3(C)O. The molecule has 10 heteroatoms. The highest BCUT2D eigenvalue weighted by atomic mass is 16.6. The lowest BCUT2D eigenvalue weighted by Crippen LogP contribution is -2.49. The number of aliphatic hydroxyl groups excluding tert-OH is 1. The number of hydrogen-bond acceptors (Lipinski definition) is 10. The Balaban J connectivity index is 1.61. The molecule has 10 nitrogen and oxygen atoms in total. The first kappa shape index (κ1) is 28.5. The van der Waals surface area contributed by atoms with E-state index >= 15 is 0 Å². The van der Waals surface area contributed by atoms with Gasteiger partial charge >= 0.3 is 11.9 Å². The van der Waals surface area contributed by atoms with Gasteiger partial charge in [-0.2, -0.15) is 0 Å². The number of ether oxygens (including phenoxy) is 2. The topological polar surface area (TPSA) is 142 Å². The molecule has 43 heavy (non-hydrogen) atoms. The molecule has 6 aliphatic rings. The van der Waals surface area contributed by atoms with Gasteiger partial charge in [0.25, 0.3) is 0 Å². The van der Waals surface area contributed by atoms with Gasteiger partial charge in [0.05, 0.1) is 58.5 Å². The van der Waals surface area contributed by atoms with E-state index in [1.807, 2.05) is 39.0 Å². The molecule has 6 rings (SSSR count). The van der Waals surface area contributed by atoms with Gasteiger partial charge in [-0.1, -0.05) is 0 Å². The largest absolute Gasteiger partial charge is 0.512 e. The number of esters is 2. The van der Waals surface area contributed by atoms with Crippen LogP contribution in [0.5, 0.6) is 0 Å². The Morgan fingerprint density at radius 1 is 1.02 bits per heavy atom. The van der Waals surface area contributed by atoms with Gasteiger partial charge in [0.1, 0.15) is 5.60 Å². The minimum absolute atomic E-state index is 0.136. The first-order chi connectivity index (χ1) is 20.3. The average Bonchev–Trinajstić information content (AvgIpc) is 3.70. The maximum absolute atomic E-state index is 12.5. The van der Waals surface area contributed by atoms with Crippen molar-refractivity contribution in [1.82, 2.24) is 5.32 Å². The Labute approximate surface area is 249 Å². The van der Waals surface area contributed by atoms with E-state index in [-0.39, 0.29) is 31.0 Å². The van der Waals surface area contributed by atoms with Crippen LogP contribution in [-0.4, -0.2) is 57.6 Å². The van der Waals surface area contributed by atoms with Crippen LogP contribution in [0.4, 0.5) is 0 Å². The number of aliphatic hydroxyl groups is 2. The fraction of sp³-hybridized carbons (Fsp3) is 0.364. The minimum atomic E-state index is -1.58. The molecule has 0 aromatic carbocycles. The summed E-state index contributed by atoms with van der Waals surface area (Å²) in [6.45, 7) is 9.03. The first-order valence-electron chi connectivity index (χ1n) is 14.3. The van der Waals surface area contributed by atoms with Gasteiger partial charge in [0.2, 0.25) is 0 Å². The number of nitrogens with zero attached hydrogens (tertiary/aromatic N) is 3. The molecule has 0 aliphatic carbocycles. The molecule has 2 saturated heterocycles. The molecule has 8 bridgehead atoms. The summed E-state index contributed by atoms with van der Waals surface area (Å²) in [4.78, 5) is 39.3. The molecule has 2 atom stereocenters. The normalized spacial score (nSPS) is 29.0. The molecule has 0 aromatic rings. The second-order valence-corrected chi connectivity index (χ2v) is 11.7. The van der Waals surface area contributed by atoms with Crippen LogP contribution in [0.1, 0.15) is 60.3 Å². The van der Waals surface area contributed by atoms with Crippen molar-refractivity contribution in [3.8, 4) is 0 Å². The molecule has 0 radical (unpaired) electrons. The summed E-state index contributed by atoms with van der Waals surface area (Å²) in [5.41, 5.74) is 5.68. The predicted octanol–water partition coefficient (Wildman–Crippen LogP) is 4.65. The number of fused-ring (bicyclic) bond motifs is 6. The van der Waals surface area contributed by atoms with Crippen LogP contribution in [0.25, 0.3) is 0 Å². The van der Waals surface area contributed by atoms with Crippen molar-refractivity contribution in [2.24, 2.45) is 15.0 Å². The molecule has 6 heterocycles. The highest BCUT2D eigenvalue weighted by Crippen LogP contribution is 2.50. The number of carbonyl (C=O) groups excluding carboxylic acids is 2. The van der Waals surface area contributed by atoms with E-state index < -0.39 is 17.2 Å². The lowest BCUT2D eigenvalue weighted by molar-refractivity contribution is -0.158. The molecule has 1 spiro atoms. The standard InChI is InChI=1S/C33H34N4O6/c1-16-11-20-12-23-18(3)31(19(4)38)26(36-23)13-24-17(2)21(7-8-29(39)42-6)25(35-24)15-28-33(10-9-30(40)43-33)32(5,41)27(37-28)14-22(16)34-20/h11-15,37-38,41H,7-10H2,1-6H3/b20-12?,24-13?,27-14?,28-15?,31-19+/t32-,33-/m1/s1. The zero-order chi connectivity index (χ0) is 30.8. The van der Waals surface area contributed by atoms with Gasteiger partial charge < -0.3 is 25.0 Å². The fourth-order valence-corrected chi connectivity index (χ4v) is 6.43. The molecule has 3 N–H and O–H groups in total. The van der Waals surface area contributed by atoms with E-state index in [0.29, 0.717) is 57.6 Å². The molecular weight excluding hydrogens is 548 g/mol. The second kappa shape index (κ2) is 10.0. The highest BCUT2D eigenvalue weighted by molar-refractivity contribution is 6.18. The maximum atomic E-state index is 12.5. The summed E-state index contributed by atoms with van der Waals surface area (Å²) in [7, 11) is 1.35. The summed E-state index contributed by atoms with van der Waals surface area (Å²) in [6, 6.07) is 0. The van der Waals surface area contributed by atoms with E-state index in [2.05, 4.69) is 5.32 Å². The van der Waals surface area contributed by atoms with Gasteiger partial charge in [0, 0.05) is 24.8 Å². The Hall–Kier alpha value is -4.57. The van der Waals surface area contributed by atoms with Crippen molar-refractivity contribution in [3.63, 3.8) is 0 Å². The van der Waals surface area contributed by atoms with Crippen LogP contribution < -0.4 is 5.32 Å². The van der Waals surface area contributed by atoms with Crippen LogP contribution in [0.3, 0.4) is 0 Å². The third-order valence-corrected chi connectivity index (χ3v) is 8.93. The number of aliphatic imine (C=N–C) groups is 3. The van der Waals surface area contributed by atoms with Crippen LogP contribution in [0.2, 0.25) is 0 Å². The van der Waals surface area contributed by atoms with Crippen LogP contribution in [0.15, 0.2) is 107 Å². The third-order valence-electron chi connectivity index (χ3n) is 8.93. The number of rotatable bonds is 3. The van der Waals surface area contributed by atoms with E-state index in [9.17, 15) is 19.8 Å². The van der Waals surface area contributed by atoms with Crippen LogP contribution >= 0.6 is 0 Å². The van der Waals surface area contributed by atoms with Gasteiger partial charge in [-0.3, -0.25) is 9.59 Å². The van der Waals surface area contributed by atoms with Gasteiger partial charge in [-0.15, -0.1) is 0 Å². The van der Waals surface area contributed by atoms with Crippen molar-refractivity contribution in [1.29, 1.82) is 0 Å². The fourth-order valence-electron chi connectivity index (χ4n) is 6.43. The number of carbonyl (C=O) groups is 2. The Bertz CT molecular complexity index is 1750. The molecular formula is C33H34N4O6. The average molecular weight is 583 g/mol. The molecule has 0 unspecified atom stereocenters. The third kappa shape index (κ3) is 4.48. The summed E-state index contributed by atoms with van der Waals surface area (Å²) in [6.07, 6.45) is 10.1. The molecule has 0 saturated carbocycles. The Morgan fingerprint density at radius 2 is 1.77 bits per heavy atom. The van der Waals surface area contributed by atoms with E-state index in [1.165, 1.54) is 7.11 Å². The van der Waals surface area contributed by atoms with Crippen molar-refractivity contribution < 1.29 is 29.3 Å². The predicted molar refractivity (Wildman–Crippen MR) is 162 cm³/mol. The van der Waals surface area contributed by atoms with Crippen molar-refractivity contribution in [2.45, 2.75) is 71.5 Å². The number of nitrogens with one attached hydrogen (secondary N) is 1. The van der Waals surface area contributed by atoms with Crippen LogP contribution in [-0.2, 0) is 19.1 Å². The number of methoxy groups -OCH3 is 1. The molecule has 6 aliphatic heterocycles. The van der Waals surface area contributed by atoms with E-state index in [0.717, 1.165) is 22.3 Å². The minimum Gasteiger partial charge on any atom is -0.512 e. The smallest absolute Gasteiger partial charge is 0.307 e. The summed E-state index contributed by atoms with van der Waals surface area (Å²) < 4.78 is 10.8. The molecule has 0 aromatic heterocycles. The van der Waals surface area contributed by atoms with E-state index in [1.54, 1.807) is 26.0 Å². The highest BCUT2D eigenvalue weighted by Gasteiger charge is 2.63. The van der Waals surface area contributed by atoms with E-state index in [4.69, 9.17) is 24.5 Å². The monoisotopic (exact) mass is 582 g/mol. The first-order valence-corrected chi connectivity index (χ1v) is 14.3. The lowest BCUT2D eigenvalue weighted by Gasteiger charge is -2.34. The van der Waals surface area contributed by atoms with Crippen molar-refractivity contribution in [3.05, 3.63) is 92.5 Å². The summed E-state index contributed by atoms with van der Waals surface area (Å²) in [5, 5.41) is 26.0. The zero-order valence-corrected chi connectivity index (χ0v) is 25.1. The zero-order valence-electron chi connectivity index (χ0n) is 25.1. The summed E-state index contributed by atoms with van der Waals surface area (Å²) >= 11 is 0. The van der Waals surface area contributed by atoms with Crippen molar-refractivity contribution in [2.75, 3.05) is 7.11 Å². The summed E-state index contributed by atoms with van der Waals surface area (Å²) in [5.74, 6) is -0.617. The Morgan fingerprint density at radius 3 is 2.44 bits per heavy atom. The van der Waals surface area contributed by atoms with Gasteiger partial charge in [0.15, 0.2) is 5.60 Å². The Kier molecular flexibility index (Phi) is 6.65. The van der Waals surface area contributed by atoms with Gasteiger partial charge in [-0.25, -0.2) is 15.0 Å². The second-order valence-electron chi connectivity index (χ2n) is 11.7. The maximum Gasteiger partial charge on any atom is 0.307 e. The quantitative estimate of drug-likeness (QED) is 0.325. The number of allylic oxidation sites excluding steroid dienone is 11.